The molecule has 21 heavy (non-hydrogen) atoms. The van der Waals surface area contributed by atoms with Crippen LogP contribution in [0, 0.1) is 5.92 Å². The Morgan fingerprint density at radius 3 is 2.57 bits per heavy atom. The van der Waals surface area contributed by atoms with Crippen LogP contribution in [0.2, 0.25) is 0 Å². The largest absolute Gasteiger partial charge is 0.355 e. The van der Waals surface area contributed by atoms with Crippen LogP contribution in [-0.2, 0) is 0 Å². The lowest BCUT2D eigenvalue weighted by atomic mass is 10.00. The highest BCUT2D eigenvalue weighted by Gasteiger charge is 2.23. The molecule has 2 aliphatic rings. The van der Waals surface area contributed by atoms with Crippen LogP contribution in [0.3, 0.4) is 0 Å². The van der Waals surface area contributed by atoms with Gasteiger partial charge in [0.15, 0.2) is 11.5 Å². The van der Waals surface area contributed by atoms with Gasteiger partial charge in [-0.3, -0.25) is 4.79 Å². The molecule has 0 aliphatic carbocycles. The summed E-state index contributed by atoms with van der Waals surface area (Å²) >= 11 is 0. The number of hydrogen-bond donors (Lipinski definition) is 0. The number of rotatable bonds is 2. The van der Waals surface area contributed by atoms with Gasteiger partial charge in [-0.1, -0.05) is 6.92 Å². The van der Waals surface area contributed by atoms with Crippen molar-refractivity contribution in [1.29, 1.82) is 0 Å². The molecule has 0 aromatic carbocycles. The van der Waals surface area contributed by atoms with Crippen molar-refractivity contribution >= 4 is 11.7 Å². The van der Waals surface area contributed by atoms with Crippen LogP contribution in [0.25, 0.3) is 0 Å². The van der Waals surface area contributed by atoms with Gasteiger partial charge in [0.05, 0.1) is 0 Å². The van der Waals surface area contributed by atoms with Crippen LogP contribution in [0.5, 0.6) is 0 Å². The summed E-state index contributed by atoms with van der Waals surface area (Å²) in [5.74, 6) is 1.51. The van der Waals surface area contributed by atoms with Gasteiger partial charge in [0.1, 0.15) is 0 Å². The molecule has 114 valence electrons. The summed E-state index contributed by atoms with van der Waals surface area (Å²) in [6.45, 7) is 5.98. The average Bonchev–Trinajstić information content (AvgIpc) is 2.55. The predicted octanol–water partition coefficient (Wildman–Crippen LogP) is 2.34. The maximum atomic E-state index is 12.4. The lowest BCUT2D eigenvalue weighted by Gasteiger charge is -2.30. The highest BCUT2D eigenvalue weighted by Crippen LogP contribution is 2.19. The molecular weight excluding hydrogens is 264 g/mol. The summed E-state index contributed by atoms with van der Waals surface area (Å²) < 4.78 is 0. The molecule has 3 rings (SSSR count). The monoisotopic (exact) mass is 288 g/mol. The number of carbonyl (C=O) groups is 1. The summed E-state index contributed by atoms with van der Waals surface area (Å²) in [4.78, 5) is 16.6. The van der Waals surface area contributed by atoms with E-state index in [1.807, 2.05) is 17.0 Å². The minimum absolute atomic E-state index is 0.0271. The maximum Gasteiger partial charge on any atom is 0.274 e. The van der Waals surface area contributed by atoms with Crippen molar-refractivity contribution in [2.24, 2.45) is 5.92 Å². The fraction of sp³-hybridized carbons (Fsp3) is 0.688. The van der Waals surface area contributed by atoms with Gasteiger partial charge in [0.2, 0.25) is 0 Å². The first-order chi connectivity index (χ1) is 10.2. The Morgan fingerprint density at radius 1 is 1.10 bits per heavy atom. The Kier molecular flexibility index (Phi) is 4.36. The number of hydrogen-bond acceptors (Lipinski definition) is 4. The van der Waals surface area contributed by atoms with Crippen LogP contribution >= 0.6 is 0 Å². The molecule has 5 nitrogen and oxygen atoms in total. The first-order valence-electron chi connectivity index (χ1n) is 8.12. The molecule has 1 aromatic rings. The van der Waals surface area contributed by atoms with Crippen LogP contribution < -0.4 is 4.90 Å². The van der Waals surface area contributed by atoms with Gasteiger partial charge in [-0.15, -0.1) is 10.2 Å². The molecule has 2 aliphatic heterocycles. The van der Waals surface area contributed by atoms with Gasteiger partial charge in [-0.25, -0.2) is 0 Å². The highest BCUT2D eigenvalue weighted by atomic mass is 16.2. The molecule has 3 heterocycles. The number of aromatic nitrogens is 2. The molecular formula is C16H24N4O. The molecule has 1 aromatic heterocycles. The van der Waals surface area contributed by atoms with Gasteiger partial charge in [0.25, 0.3) is 5.91 Å². The molecule has 0 bridgehead atoms. The number of carbonyl (C=O) groups excluding carboxylic acids is 1. The second-order valence-electron chi connectivity index (χ2n) is 6.32. The molecule has 0 spiro atoms. The van der Waals surface area contributed by atoms with E-state index in [4.69, 9.17) is 0 Å². The lowest BCUT2D eigenvalue weighted by molar-refractivity contribution is 0.0676. The fourth-order valence-electron chi connectivity index (χ4n) is 3.27. The van der Waals surface area contributed by atoms with Crippen LogP contribution in [0.15, 0.2) is 12.1 Å². The van der Waals surface area contributed by atoms with Crippen molar-refractivity contribution in [3.63, 3.8) is 0 Å². The molecule has 1 unspecified atom stereocenters. The lowest BCUT2D eigenvalue weighted by Crippen LogP contribution is -2.39. The summed E-state index contributed by atoms with van der Waals surface area (Å²) in [7, 11) is 0. The SMILES string of the molecule is CC1CCCN(C(=O)c2ccc(N3CCCCC3)nn2)C1. The Bertz CT molecular complexity index is 482. The van der Waals surface area contributed by atoms with Gasteiger partial charge in [-0.2, -0.15) is 0 Å². The van der Waals surface area contributed by atoms with E-state index >= 15 is 0 Å². The first kappa shape index (κ1) is 14.3. The first-order valence-corrected chi connectivity index (χ1v) is 8.12. The third-order valence-electron chi connectivity index (χ3n) is 4.49. The van der Waals surface area contributed by atoms with Crippen molar-refractivity contribution in [2.75, 3.05) is 31.1 Å². The van der Waals surface area contributed by atoms with Crippen molar-refractivity contribution in [3.8, 4) is 0 Å². The molecule has 1 amide bonds. The second kappa shape index (κ2) is 6.41. The molecule has 5 heteroatoms. The minimum Gasteiger partial charge on any atom is -0.355 e. The van der Waals surface area contributed by atoms with Crippen LogP contribution in [-0.4, -0.2) is 47.2 Å². The Morgan fingerprint density at radius 2 is 1.90 bits per heavy atom. The van der Waals surface area contributed by atoms with E-state index in [1.54, 1.807) is 0 Å². The van der Waals surface area contributed by atoms with Crippen molar-refractivity contribution in [3.05, 3.63) is 17.8 Å². The van der Waals surface area contributed by atoms with Gasteiger partial charge in [0, 0.05) is 26.2 Å². The van der Waals surface area contributed by atoms with E-state index < -0.39 is 0 Å². The second-order valence-corrected chi connectivity index (χ2v) is 6.32. The van der Waals surface area contributed by atoms with E-state index in [2.05, 4.69) is 22.0 Å². The van der Waals surface area contributed by atoms with Crippen LogP contribution in [0.1, 0.15) is 49.5 Å². The third kappa shape index (κ3) is 3.34. The maximum absolute atomic E-state index is 12.4. The third-order valence-corrected chi connectivity index (χ3v) is 4.49. The van der Waals surface area contributed by atoms with E-state index in [0.717, 1.165) is 38.4 Å². The smallest absolute Gasteiger partial charge is 0.274 e. The average molecular weight is 288 g/mol. The van der Waals surface area contributed by atoms with E-state index in [-0.39, 0.29) is 5.91 Å². The number of nitrogens with zero attached hydrogens (tertiary/aromatic N) is 4. The quantitative estimate of drug-likeness (QED) is 0.838. The standard InChI is InChI=1S/C16H24N4O/c1-13-6-5-11-20(12-13)16(21)14-7-8-15(18-17-14)19-9-3-2-4-10-19/h7-8,13H,2-6,9-12H2,1H3. The van der Waals surface area contributed by atoms with E-state index in [0.29, 0.717) is 11.6 Å². The molecule has 1 atom stereocenters. The molecule has 0 N–H and O–H groups in total. The van der Waals surface area contributed by atoms with Crippen molar-refractivity contribution in [1.82, 2.24) is 15.1 Å². The summed E-state index contributed by atoms with van der Waals surface area (Å²) in [5.41, 5.74) is 0.477. The molecule has 0 saturated carbocycles. The van der Waals surface area contributed by atoms with Gasteiger partial charge in [-0.05, 0) is 50.2 Å². The molecule has 0 radical (unpaired) electrons. The summed E-state index contributed by atoms with van der Waals surface area (Å²) in [5, 5.41) is 8.44. The van der Waals surface area contributed by atoms with Crippen LogP contribution in [0.4, 0.5) is 5.82 Å². The number of likely N-dealkylation sites (tertiary alicyclic amines) is 1. The topological polar surface area (TPSA) is 49.3 Å². The highest BCUT2D eigenvalue weighted by molar-refractivity contribution is 5.92. The Hall–Kier alpha value is -1.65. The number of anilines is 1. The van der Waals surface area contributed by atoms with Gasteiger partial charge < -0.3 is 9.80 Å². The normalized spacial score (nSPS) is 23.2. The molecule has 2 fully saturated rings. The minimum atomic E-state index is 0.0271. The fourth-order valence-corrected chi connectivity index (χ4v) is 3.27. The van der Waals surface area contributed by atoms with Crippen molar-refractivity contribution in [2.45, 2.75) is 39.0 Å². The zero-order valence-corrected chi connectivity index (χ0v) is 12.8. The van der Waals surface area contributed by atoms with Gasteiger partial charge >= 0.3 is 0 Å². The zero-order chi connectivity index (χ0) is 14.7. The van der Waals surface area contributed by atoms with E-state index in [9.17, 15) is 4.79 Å². The number of piperidine rings is 2. The number of amides is 1. The van der Waals surface area contributed by atoms with Crippen molar-refractivity contribution < 1.29 is 4.79 Å². The van der Waals surface area contributed by atoms with E-state index in [1.165, 1.54) is 25.7 Å². The Labute approximate surface area is 126 Å². The zero-order valence-electron chi connectivity index (χ0n) is 12.8. The summed E-state index contributed by atoms with van der Waals surface area (Å²) in [6.07, 6.45) is 6.03. The predicted molar refractivity (Wildman–Crippen MR) is 82.4 cm³/mol. The Balaban J connectivity index is 1.67. The molecule has 2 saturated heterocycles. The summed E-state index contributed by atoms with van der Waals surface area (Å²) in [6, 6.07) is 3.78.